The van der Waals surface area contributed by atoms with Gasteiger partial charge in [-0.15, -0.1) is 0 Å². The van der Waals surface area contributed by atoms with Gasteiger partial charge in [0.05, 0.1) is 12.0 Å². The van der Waals surface area contributed by atoms with Crippen molar-refractivity contribution in [3.63, 3.8) is 0 Å². The van der Waals surface area contributed by atoms with Gasteiger partial charge in [-0.25, -0.2) is 8.78 Å². The number of hydrogen-bond acceptors (Lipinski definition) is 2. The molecule has 0 atom stereocenters. The highest BCUT2D eigenvalue weighted by molar-refractivity contribution is 5.78. The molecule has 1 aliphatic rings. The lowest BCUT2D eigenvalue weighted by atomic mass is 9.93. The molecule has 1 amide bonds. The van der Waals surface area contributed by atoms with E-state index in [0.29, 0.717) is 31.5 Å². The van der Waals surface area contributed by atoms with Gasteiger partial charge in [0.25, 0.3) is 0 Å². The molecule has 0 aromatic heterocycles. The van der Waals surface area contributed by atoms with Crippen molar-refractivity contribution in [3.8, 4) is 0 Å². The Morgan fingerprint density at radius 2 is 1.95 bits per heavy atom. The Morgan fingerprint density at radius 1 is 1.32 bits per heavy atom. The third-order valence-corrected chi connectivity index (χ3v) is 3.53. The standard InChI is InChI=1S/C14H17F2NO2/c1-14(19)4-6-17(7-5-14)13(18)9-10-2-3-11(15)12(16)8-10/h2-3,8,19H,4-7,9H2,1H3. The van der Waals surface area contributed by atoms with Crippen LogP contribution < -0.4 is 0 Å². The highest BCUT2D eigenvalue weighted by Gasteiger charge is 2.29. The zero-order valence-corrected chi connectivity index (χ0v) is 10.8. The van der Waals surface area contributed by atoms with E-state index in [9.17, 15) is 18.7 Å². The van der Waals surface area contributed by atoms with Crippen LogP contribution in [-0.4, -0.2) is 34.6 Å². The van der Waals surface area contributed by atoms with Crippen molar-refractivity contribution in [1.29, 1.82) is 0 Å². The van der Waals surface area contributed by atoms with Crippen molar-refractivity contribution in [2.45, 2.75) is 31.8 Å². The molecule has 3 nitrogen and oxygen atoms in total. The molecule has 1 aromatic carbocycles. The lowest BCUT2D eigenvalue weighted by Crippen LogP contribution is -2.45. The fourth-order valence-corrected chi connectivity index (χ4v) is 2.17. The van der Waals surface area contributed by atoms with E-state index in [0.717, 1.165) is 12.1 Å². The predicted molar refractivity (Wildman–Crippen MR) is 66.5 cm³/mol. The van der Waals surface area contributed by atoms with Gasteiger partial charge in [-0.05, 0) is 37.5 Å². The molecule has 1 fully saturated rings. The number of likely N-dealkylation sites (tertiary alicyclic amines) is 1. The molecule has 1 aliphatic heterocycles. The number of aliphatic hydroxyl groups is 1. The van der Waals surface area contributed by atoms with Gasteiger partial charge in [0.2, 0.25) is 5.91 Å². The lowest BCUT2D eigenvalue weighted by Gasteiger charge is -2.35. The Labute approximate surface area is 110 Å². The van der Waals surface area contributed by atoms with Crippen LogP contribution in [0, 0.1) is 11.6 Å². The smallest absolute Gasteiger partial charge is 0.226 e. The number of halogens is 2. The quantitative estimate of drug-likeness (QED) is 0.890. The fourth-order valence-electron chi connectivity index (χ4n) is 2.17. The first-order valence-corrected chi connectivity index (χ1v) is 6.31. The van der Waals surface area contributed by atoms with Crippen LogP contribution in [0.5, 0.6) is 0 Å². The van der Waals surface area contributed by atoms with Gasteiger partial charge < -0.3 is 10.0 Å². The second-order valence-electron chi connectivity index (χ2n) is 5.30. The number of nitrogens with zero attached hydrogens (tertiary/aromatic N) is 1. The zero-order valence-electron chi connectivity index (χ0n) is 10.8. The van der Waals surface area contributed by atoms with E-state index in [2.05, 4.69) is 0 Å². The summed E-state index contributed by atoms with van der Waals surface area (Å²) in [6.45, 7) is 2.75. The second kappa shape index (κ2) is 5.25. The maximum absolute atomic E-state index is 13.0. The second-order valence-corrected chi connectivity index (χ2v) is 5.30. The summed E-state index contributed by atoms with van der Waals surface area (Å²) in [4.78, 5) is 13.7. The molecule has 0 unspecified atom stereocenters. The number of rotatable bonds is 2. The van der Waals surface area contributed by atoms with Crippen LogP contribution >= 0.6 is 0 Å². The Bertz CT molecular complexity index is 478. The van der Waals surface area contributed by atoms with Crippen molar-refractivity contribution in [1.82, 2.24) is 4.90 Å². The number of carbonyl (C=O) groups excluding carboxylic acids is 1. The van der Waals surface area contributed by atoms with E-state index in [-0.39, 0.29) is 12.3 Å². The van der Waals surface area contributed by atoms with Crippen LogP contribution in [0.2, 0.25) is 0 Å². The molecule has 104 valence electrons. The number of amides is 1. The zero-order chi connectivity index (χ0) is 14.0. The molecule has 1 aromatic rings. The topological polar surface area (TPSA) is 40.5 Å². The van der Waals surface area contributed by atoms with E-state index in [4.69, 9.17) is 0 Å². The molecular weight excluding hydrogens is 252 g/mol. The van der Waals surface area contributed by atoms with E-state index in [1.807, 2.05) is 0 Å². The highest BCUT2D eigenvalue weighted by Crippen LogP contribution is 2.21. The number of benzene rings is 1. The van der Waals surface area contributed by atoms with Gasteiger partial charge in [-0.2, -0.15) is 0 Å². The maximum Gasteiger partial charge on any atom is 0.226 e. The van der Waals surface area contributed by atoms with E-state index in [1.54, 1.807) is 11.8 Å². The third kappa shape index (κ3) is 3.50. The Hall–Kier alpha value is -1.49. The molecule has 1 N–H and O–H groups in total. The summed E-state index contributed by atoms with van der Waals surface area (Å²) in [7, 11) is 0. The summed E-state index contributed by atoms with van der Waals surface area (Å²) in [6.07, 6.45) is 1.13. The van der Waals surface area contributed by atoms with Crippen LogP contribution in [0.25, 0.3) is 0 Å². The van der Waals surface area contributed by atoms with Crippen LogP contribution in [0.4, 0.5) is 8.78 Å². The Morgan fingerprint density at radius 3 is 2.53 bits per heavy atom. The first kappa shape index (κ1) is 13.9. The first-order valence-electron chi connectivity index (χ1n) is 6.31. The molecule has 0 saturated carbocycles. The molecule has 2 rings (SSSR count). The lowest BCUT2D eigenvalue weighted by molar-refractivity contribution is -0.134. The van der Waals surface area contributed by atoms with E-state index < -0.39 is 17.2 Å². The Kier molecular flexibility index (Phi) is 3.85. The van der Waals surface area contributed by atoms with Crippen molar-refractivity contribution in [2.24, 2.45) is 0 Å². The molecule has 5 heteroatoms. The fraction of sp³-hybridized carbons (Fsp3) is 0.500. The molecule has 0 aliphatic carbocycles. The van der Waals surface area contributed by atoms with Crippen molar-refractivity contribution in [2.75, 3.05) is 13.1 Å². The summed E-state index contributed by atoms with van der Waals surface area (Å²) < 4.78 is 25.8. The summed E-state index contributed by atoms with van der Waals surface area (Å²) in [5, 5.41) is 9.80. The van der Waals surface area contributed by atoms with Gasteiger partial charge in [-0.1, -0.05) is 6.07 Å². The van der Waals surface area contributed by atoms with Crippen molar-refractivity contribution >= 4 is 5.91 Å². The highest BCUT2D eigenvalue weighted by atomic mass is 19.2. The largest absolute Gasteiger partial charge is 0.390 e. The monoisotopic (exact) mass is 269 g/mol. The normalized spacial score (nSPS) is 18.4. The van der Waals surface area contributed by atoms with Gasteiger partial charge in [0.15, 0.2) is 11.6 Å². The number of carbonyl (C=O) groups is 1. The van der Waals surface area contributed by atoms with Crippen molar-refractivity contribution in [3.05, 3.63) is 35.4 Å². The number of piperidine rings is 1. The van der Waals surface area contributed by atoms with E-state index >= 15 is 0 Å². The van der Waals surface area contributed by atoms with E-state index in [1.165, 1.54) is 6.07 Å². The van der Waals surface area contributed by atoms with Crippen LogP contribution in [0.15, 0.2) is 18.2 Å². The molecule has 0 radical (unpaired) electrons. The predicted octanol–water partition coefficient (Wildman–Crippen LogP) is 1.88. The molecule has 0 bridgehead atoms. The average Bonchev–Trinajstić information content (AvgIpc) is 2.33. The summed E-state index contributed by atoms with van der Waals surface area (Å²) >= 11 is 0. The molecule has 19 heavy (non-hydrogen) atoms. The van der Waals surface area contributed by atoms with Gasteiger partial charge >= 0.3 is 0 Å². The molecular formula is C14H17F2NO2. The van der Waals surface area contributed by atoms with Crippen LogP contribution in [0.3, 0.4) is 0 Å². The minimum Gasteiger partial charge on any atom is -0.390 e. The summed E-state index contributed by atoms with van der Waals surface area (Å²) in [6, 6.07) is 3.49. The first-order chi connectivity index (χ1) is 8.87. The van der Waals surface area contributed by atoms with Crippen LogP contribution in [-0.2, 0) is 11.2 Å². The van der Waals surface area contributed by atoms with Gasteiger partial charge in [0.1, 0.15) is 0 Å². The van der Waals surface area contributed by atoms with Crippen molar-refractivity contribution < 1.29 is 18.7 Å². The number of hydrogen-bond donors (Lipinski definition) is 1. The summed E-state index contributed by atoms with van der Waals surface area (Å²) in [5.41, 5.74) is -0.250. The SMILES string of the molecule is CC1(O)CCN(C(=O)Cc2ccc(F)c(F)c2)CC1. The summed E-state index contributed by atoms with van der Waals surface area (Å²) in [5.74, 6) is -1.97. The molecule has 1 heterocycles. The third-order valence-electron chi connectivity index (χ3n) is 3.53. The molecule has 1 saturated heterocycles. The minimum atomic E-state index is -0.938. The minimum absolute atomic E-state index is 0.0549. The molecule has 0 spiro atoms. The maximum atomic E-state index is 13.0. The average molecular weight is 269 g/mol. The van der Waals surface area contributed by atoms with Gasteiger partial charge in [0, 0.05) is 13.1 Å². The van der Waals surface area contributed by atoms with Gasteiger partial charge in [-0.3, -0.25) is 4.79 Å². The Balaban J connectivity index is 1.96. The van der Waals surface area contributed by atoms with Crippen LogP contribution in [0.1, 0.15) is 25.3 Å².